The van der Waals surface area contributed by atoms with E-state index in [1.54, 1.807) is 0 Å². The summed E-state index contributed by atoms with van der Waals surface area (Å²) in [5.74, 6) is 0. The van der Waals surface area contributed by atoms with Gasteiger partial charge in [-0.2, -0.15) is 0 Å². The number of rotatable bonds is 1. The summed E-state index contributed by atoms with van der Waals surface area (Å²) in [6, 6.07) is 0.185. The van der Waals surface area contributed by atoms with Gasteiger partial charge in [-0.25, -0.2) is 4.39 Å². The molecule has 0 amide bonds. The first kappa shape index (κ1) is 7.53. The Bertz CT molecular complexity index is 135. The maximum absolute atomic E-state index is 12.5. The molecule has 11 heavy (non-hydrogen) atoms. The van der Waals surface area contributed by atoms with E-state index in [9.17, 15) is 4.39 Å². The molecule has 1 aliphatic heterocycles. The van der Waals surface area contributed by atoms with Gasteiger partial charge < -0.3 is 5.32 Å². The van der Waals surface area contributed by atoms with Gasteiger partial charge >= 0.3 is 0 Å². The van der Waals surface area contributed by atoms with E-state index in [-0.39, 0.29) is 12.7 Å². The molecule has 1 N–H and O–H groups in total. The maximum Gasteiger partial charge on any atom is 0.105 e. The van der Waals surface area contributed by atoms with Crippen LogP contribution in [0.5, 0.6) is 0 Å². The molecule has 1 saturated heterocycles. The first-order valence-corrected chi connectivity index (χ1v) is 4.67. The number of alkyl halides is 1. The fraction of sp³-hybridized carbons (Fsp3) is 1.00. The summed E-state index contributed by atoms with van der Waals surface area (Å²) >= 11 is 0. The van der Waals surface area contributed by atoms with Crippen molar-refractivity contribution in [2.45, 2.75) is 38.1 Å². The average Bonchev–Trinajstić information content (AvgIpc) is 2.62. The number of nitrogens with one attached hydrogen (secondary N) is 1. The second-order valence-electron chi connectivity index (χ2n) is 3.98. The Morgan fingerprint density at radius 2 is 2.00 bits per heavy atom. The van der Waals surface area contributed by atoms with Crippen LogP contribution in [0.25, 0.3) is 0 Å². The summed E-state index contributed by atoms with van der Waals surface area (Å²) in [7, 11) is 0. The molecule has 2 heteroatoms. The molecule has 0 aromatic heterocycles. The zero-order valence-corrected chi connectivity index (χ0v) is 6.91. The molecule has 1 heterocycles. The third-order valence-corrected chi connectivity index (χ3v) is 3.51. The number of halogens is 1. The van der Waals surface area contributed by atoms with E-state index < -0.39 is 0 Å². The van der Waals surface area contributed by atoms with Gasteiger partial charge in [0.15, 0.2) is 0 Å². The Hall–Kier alpha value is -0.110. The molecule has 1 nitrogen and oxygen atoms in total. The highest BCUT2D eigenvalue weighted by Gasteiger charge is 2.44. The van der Waals surface area contributed by atoms with Crippen molar-refractivity contribution in [2.24, 2.45) is 5.41 Å². The third kappa shape index (κ3) is 1.08. The van der Waals surface area contributed by atoms with E-state index >= 15 is 0 Å². The second-order valence-corrected chi connectivity index (χ2v) is 3.98. The Morgan fingerprint density at radius 1 is 1.27 bits per heavy atom. The second kappa shape index (κ2) is 2.74. The Morgan fingerprint density at radius 3 is 2.64 bits per heavy atom. The van der Waals surface area contributed by atoms with E-state index in [2.05, 4.69) is 5.32 Å². The minimum atomic E-state index is -0.167. The topological polar surface area (TPSA) is 12.0 Å². The van der Waals surface area contributed by atoms with Crippen molar-refractivity contribution < 1.29 is 4.39 Å². The summed E-state index contributed by atoms with van der Waals surface area (Å²) in [6.45, 7) is 0.870. The summed E-state index contributed by atoms with van der Waals surface area (Å²) in [5, 5.41) is 3.26. The first-order valence-electron chi connectivity index (χ1n) is 4.67. The van der Waals surface area contributed by atoms with Crippen molar-refractivity contribution in [3.8, 4) is 0 Å². The molecule has 2 aliphatic rings. The molecule has 0 aromatic carbocycles. The van der Waals surface area contributed by atoms with Crippen molar-refractivity contribution in [1.29, 1.82) is 0 Å². The van der Waals surface area contributed by atoms with Crippen molar-refractivity contribution in [2.75, 3.05) is 13.2 Å². The highest BCUT2D eigenvalue weighted by Crippen LogP contribution is 2.46. The Balaban J connectivity index is 2.09. The first-order chi connectivity index (χ1) is 5.37. The van der Waals surface area contributed by atoms with E-state index in [1.165, 1.54) is 32.1 Å². The van der Waals surface area contributed by atoms with Crippen LogP contribution in [0, 0.1) is 5.41 Å². The fourth-order valence-electron chi connectivity index (χ4n) is 2.78. The largest absolute Gasteiger partial charge is 0.311 e. The molecule has 1 unspecified atom stereocenters. The molecule has 0 radical (unpaired) electrons. The van der Waals surface area contributed by atoms with Gasteiger partial charge in [0.05, 0.1) is 0 Å². The molecule has 1 aliphatic carbocycles. The predicted octanol–water partition coefficient (Wildman–Crippen LogP) is 1.88. The third-order valence-electron chi connectivity index (χ3n) is 3.51. The highest BCUT2D eigenvalue weighted by atomic mass is 19.1. The van der Waals surface area contributed by atoms with E-state index in [4.69, 9.17) is 0 Å². The van der Waals surface area contributed by atoms with E-state index in [0.29, 0.717) is 5.41 Å². The molecule has 1 atom stereocenters. The fourth-order valence-corrected chi connectivity index (χ4v) is 2.78. The molecule has 64 valence electrons. The van der Waals surface area contributed by atoms with Crippen LogP contribution in [-0.2, 0) is 0 Å². The van der Waals surface area contributed by atoms with Crippen LogP contribution in [0.2, 0.25) is 0 Å². The van der Waals surface area contributed by atoms with Crippen LogP contribution in [0.1, 0.15) is 32.1 Å². The highest BCUT2D eigenvalue weighted by molar-refractivity contribution is 4.99. The lowest BCUT2D eigenvalue weighted by Gasteiger charge is -2.28. The number of hydrogen-bond acceptors (Lipinski definition) is 1. The summed E-state index contributed by atoms with van der Waals surface area (Å²) in [5.41, 5.74) is 0.370. The van der Waals surface area contributed by atoms with Crippen LogP contribution in [0.4, 0.5) is 4.39 Å². The van der Waals surface area contributed by atoms with Gasteiger partial charge in [-0.05, 0) is 31.2 Å². The number of hydrogen-bond donors (Lipinski definition) is 1. The van der Waals surface area contributed by atoms with Crippen molar-refractivity contribution >= 4 is 0 Å². The van der Waals surface area contributed by atoms with Crippen LogP contribution in [-0.4, -0.2) is 19.3 Å². The lowest BCUT2D eigenvalue weighted by molar-refractivity contribution is 0.217. The van der Waals surface area contributed by atoms with Crippen molar-refractivity contribution in [1.82, 2.24) is 5.32 Å². The quantitative estimate of drug-likeness (QED) is 0.612. The van der Waals surface area contributed by atoms with Crippen LogP contribution in [0.15, 0.2) is 0 Å². The zero-order chi connectivity index (χ0) is 7.73. The average molecular weight is 157 g/mol. The molecule has 2 fully saturated rings. The molecule has 1 spiro atoms. The molecular formula is C9H16FN. The minimum absolute atomic E-state index is 0.167. The van der Waals surface area contributed by atoms with Gasteiger partial charge in [-0.3, -0.25) is 0 Å². The van der Waals surface area contributed by atoms with Gasteiger partial charge in [0.2, 0.25) is 0 Å². The summed E-state index contributed by atoms with van der Waals surface area (Å²) in [4.78, 5) is 0. The van der Waals surface area contributed by atoms with Gasteiger partial charge in [-0.1, -0.05) is 12.8 Å². The SMILES string of the molecule is FCC1NCCC12CCCC2. The molecule has 0 aromatic rings. The maximum atomic E-state index is 12.5. The Kier molecular flexibility index (Phi) is 1.88. The van der Waals surface area contributed by atoms with E-state index in [1.807, 2.05) is 0 Å². The van der Waals surface area contributed by atoms with Crippen LogP contribution in [0.3, 0.4) is 0 Å². The Labute approximate surface area is 67.4 Å². The molecule has 2 rings (SSSR count). The van der Waals surface area contributed by atoms with Crippen LogP contribution >= 0.6 is 0 Å². The van der Waals surface area contributed by atoms with Crippen molar-refractivity contribution in [3.05, 3.63) is 0 Å². The lowest BCUT2D eigenvalue weighted by atomic mass is 9.79. The molecular weight excluding hydrogens is 141 g/mol. The van der Waals surface area contributed by atoms with Crippen LogP contribution < -0.4 is 5.32 Å². The summed E-state index contributed by atoms with van der Waals surface area (Å²) < 4.78 is 12.5. The van der Waals surface area contributed by atoms with Gasteiger partial charge in [0.1, 0.15) is 6.67 Å². The van der Waals surface area contributed by atoms with Crippen molar-refractivity contribution in [3.63, 3.8) is 0 Å². The van der Waals surface area contributed by atoms with E-state index in [0.717, 1.165) is 6.54 Å². The zero-order valence-electron chi connectivity index (χ0n) is 6.91. The van der Waals surface area contributed by atoms with Gasteiger partial charge in [0, 0.05) is 6.04 Å². The van der Waals surface area contributed by atoms with Gasteiger partial charge in [0.25, 0.3) is 0 Å². The predicted molar refractivity (Wildman–Crippen MR) is 43.3 cm³/mol. The molecule has 0 bridgehead atoms. The smallest absolute Gasteiger partial charge is 0.105 e. The minimum Gasteiger partial charge on any atom is -0.311 e. The normalized spacial score (nSPS) is 35.2. The molecule has 1 saturated carbocycles. The van der Waals surface area contributed by atoms with Gasteiger partial charge in [-0.15, -0.1) is 0 Å². The summed E-state index contributed by atoms with van der Waals surface area (Å²) in [6.07, 6.45) is 6.36. The lowest BCUT2D eigenvalue weighted by Crippen LogP contribution is -2.36. The monoisotopic (exact) mass is 157 g/mol. The standard InChI is InChI=1S/C9H16FN/c10-7-8-9(5-6-11-8)3-1-2-4-9/h8,11H,1-7H2.